The fraction of sp³-hybridized carbons (Fsp3) is 0.500. The zero-order chi connectivity index (χ0) is 15.4. The predicted octanol–water partition coefficient (Wildman–Crippen LogP) is -0.991. The fourth-order valence-corrected chi connectivity index (χ4v) is 2.20. The Balaban J connectivity index is 2.18. The minimum Gasteiger partial charge on any atom is -0.463 e. The van der Waals surface area contributed by atoms with Crippen LogP contribution in [0.5, 0.6) is 5.75 Å². The lowest BCUT2D eigenvalue weighted by Gasteiger charge is -2.42. The molecule has 1 saturated heterocycles. The Morgan fingerprint density at radius 2 is 1.95 bits per heavy atom. The Morgan fingerprint density at radius 3 is 2.52 bits per heavy atom. The molecule has 1 aromatic carbocycles. The van der Waals surface area contributed by atoms with Crippen LogP contribution in [0.25, 0.3) is 0 Å². The summed E-state index contributed by atoms with van der Waals surface area (Å²) in [6.07, 6.45) is -4.64. The summed E-state index contributed by atoms with van der Waals surface area (Å²) in [6, 6.07) is 7.79. The van der Waals surface area contributed by atoms with E-state index < -0.39 is 37.3 Å². The van der Waals surface area contributed by atoms with Crippen molar-refractivity contribution in [2.45, 2.75) is 37.6 Å². The van der Waals surface area contributed by atoms with Crippen molar-refractivity contribution >= 4 is 5.91 Å². The molecule has 2 unspecified atom stereocenters. The number of aliphatic hydroxyl groups excluding tert-OH is 3. The summed E-state index contributed by atoms with van der Waals surface area (Å²) in [6.45, 7) is 0.816. The first-order valence-electron chi connectivity index (χ1n) is 6.64. The molecule has 0 saturated carbocycles. The average molecular weight is 297 g/mol. The van der Waals surface area contributed by atoms with Gasteiger partial charge in [-0.2, -0.15) is 0 Å². The van der Waals surface area contributed by atoms with Gasteiger partial charge in [0.05, 0.1) is 6.61 Å². The summed E-state index contributed by atoms with van der Waals surface area (Å²) in [5.74, 6) is 0.0945. The van der Waals surface area contributed by atoms with E-state index in [9.17, 15) is 20.1 Å². The van der Waals surface area contributed by atoms with Gasteiger partial charge in [-0.1, -0.05) is 18.2 Å². The maximum atomic E-state index is 11.2. The van der Waals surface area contributed by atoms with Gasteiger partial charge in [0.1, 0.15) is 30.1 Å². The van der Waals surface area contributed by atoms with Crippen LogP contribution >= 0.6 is 0 Å². The maximum absolute atomic E-state index is 11.2. The molecule has 0 bridgehead atoms. The van der Waals surface area contributed by atoms with E-state index >= 15 is 0 Å². The Bertz CT molecular complexity index is 468. The number of aliphatic hydroxyl groups is 3. The normalized spacial score (nSPS) is 32.5. The van der Waals surface area contributed by atoms with E-state index in [0.717, 1.165) is 0 Å². The molecule has 1 heterocycles. The van der Waals surface area contributed by atoms with Crippen molar-refractivity contribution in [3.8, 4) is 5.75 Å². The smallest absolute Gasteiger partial charge is 0.223 e. The molecule has 2 rings (SSSR count). The zero-order valence-electron chi connectivity index (χ0n) is 11.5. The molecule has 116 valence electrons. The highest BCUT2D eigenvalue weighted by molar-refractivity contribution is 5.73. The van der Waals surface area contributed by atoms with Crippen molar-refractivity contribution in [3.63, 3.8) is 0 Å². The molecule has 7 nitrogen and oxygen atoms in total. The van der Waals surface area contributed by atoms with Crippen molar-refractivity contribution < 1.29 is 29.6 Å². The number of benzene rings is 1. The number of hydrogen-bond acceptors (Lipinski definition) is 6. The van der Waals surface area contributed by atoms with Gasteiger partial charge in [0.15, 0.2) is 0 Å². The van der Waals surface area contributed by atoms with Crippen molar-refractivity contribution in [1.29, 1.82) is 0 Å². The molecule has 0 aliphatic carbocycles. The van der Waals surface area contributed by atoms with E-state index in [1.165, 1.54) is 6.92 Å². The minimum absolute atomic E-state index is 0.390. The lowest BCUT2D eigenvalue weighted by molar-refractivity contribution is -0.244. The third-order valence-corrected chi connectivity index (χ3v) is 3.25. The summed E-state index contributed by atoms with van der Waals surface area (Å²) in [4.78, 5) is 11.2. The van der Waals surface area contributed by atoms with Crippen LogP contribution < -0.4 is 10.1 Å². The quantitative estimate of drug-likeness (QED) is 0.568. The summed E-state index contributed by atoms with van der Waals surface area (Å²) in [5.41, 5.74) is 0. The first-order chi connectivity index (χ1) is 10.0. The van der Waals surface area contributed by atoms with Gasteiger partial charge < -0.3 is 30.1 Å². The molecule has 0 aromatic heterocycles. The van der Waals surface area contributed by atoms with E-state index in [1.807, 2.05) is 6.07 Å². The van der Waals surface area contributed by atoms with Crippen molar-refractivity contribution in [1.82, 2.24) is 5.32 Å². The molecule has 21 heavy (non-hydrogen) atoms. The highest BCUT2D eigenvalue weighted by Gasteiger charge is 2.45. The summed E-state index contributed by atoms with van der Waals surface area (Å²) in [7, 11) is 0. The Morgan fingerprint density at radius 1 is 1.29 bits per heavy atom. The maximum Gasteiger partial charge on any atom is 0.223 e. The van der Waals surface area contributed by atoms with Crippen LogP contribution in [0.1, 0.15) is 6.92 Å². The van der Waals surface area contributed by atoms with Gasteiger partial charge in [-0.3, -0.25) is 4.79 Å². The van der Waals surface area contributed by atoms with Crippen LogP contribution in [0.4, 0.5) is 0 Å². The van der Waals surface area contributed by atoms with Crippen LogP contribution in [0.15, 0.2) is 30.3 Å². The number of ether oxygens (including phenoxy) is 2. The minimum atomic E-state index is -1.32. The lowest BCUT2D eigenvalue weighted by atomic mass is 9.97. The first kappa shape index (κ1) is 15.7. The molecular formula is C14H19NO6. The number of hydrogen-bond donors (Lipinski definition) is 4. The monoisotopic (exact) mass is 297 g/mol. The van der Waals surface area contributed by atoms with Crippen LogP contribution in [0, 0.1) is 0 Å². The summed E-state index contributed by atoms with van der Waals surface area (Å²) >= 11 is 0. The number of carbonyl (C=O) groups is 1. The molecule has 1 aliphatic rings. The predicted molar refractivity (Wildman–Crippen MR) is 72.4 cm³/mol. The molecule has 1 fully saturated rings. The zero-order valence-corrected chi connectivity index (χ0v) is 11.5. The molecule has 5 atom stereocenters. The third kappa shape index (κ3) is 3.70. The molecule has 1 aliphatic heterocycles. The Labute approximate surface area is 122 Å². The average Bonchev–Trinajstić information content (AvgIpc) is 2.47. The molecule has 1 amide bonds. The number of amides is 1. The molecule has 0 radical (unpaired) electrons. The summed E-state index contributed by atoms with van der Waals surface area (Å²) < 4.78 is 11.0. The van der Waals surface area contributed by atoms with Crippen molar-refractivity contribution in [2.24, 2.45) is 0 Å². The SMILES string of the molecule is CC(=O)N[C@H]1C(Oc2ccccc2)OC(CO)[C@H](O)[C@@H]1O. The number of carbonyl (C=O) groups excluding carboxylic acids is 1. The largest absolute Gasteiger partial charge is 0.463 e. The van der Waals surface area contributed by atoms with Crippen molar-refractivity contribution in [3.05, 3.63) is 30.3 Å². The van der Waals surface area contributed by atoms with Gasteiger partial charge in [-0.05, 0) is 12.1 Å². The highest BCUT2D eigenvalue weighted by atomic mass is 16.7. The third-order valence-electron chi connectivity index (χ3n) is 3.25. The van der Waals surface area contributed by atoms with E-state index in [-0.39, 0.29) is 5.91 Å². The first-order valence-corrected chi connectivity index (χ1v) is 6.64. The topological polar surface area (TPSA) is 108 Å². The number of rotatable bonds is 4. The molecule has 4 N–H and O–H groups in total. The highest BCUT2D eigenvalue weighted by Crippen LogP contribution is 2.24. The second kappa shape index (κ2) is 6.86. The Hall–Kier alpha value is -1.67. The van der Waals surface area contributed by atoms with Crippen LogP contribution in [0.2, 0.25) is 0 Å². The van der Waals surface area contributed by atoms with Crippen LogP contribution in [-0.2, 0) is 9.53 Å². The van der Waals surface area contributed by atoms with E-state index in [2.05, 4.69) is 5.32 Å². The second-order valence-corrected chi connectivity index (χ2v) is 4.86. The van der Waals surface area contributed by atoms with E-state index in [1.54, 1.807) is 24.3 Å². The van der Waals surface area contributed by atoms with Crippen LogP contribution in [-0.4, -0.2) is 58.5 Å². The molecule has 0 spiro atoms. The second-order valence-electron chi connectivity index (χ2n) is 4.86. The number of nitrogens with one attached hydrogen (secondary N) is 1. The van der Waals surface area contributed by atoms with Gasteiger partial charge in [0, 0.05) is 6.92 Å². The van der Waals surface area contributed by atoms with E-state index in [4.69, 9.17) is 9.47 Å². The fourth-order valence-electron chi connectivity index (χ4n) is 2.20. The Kier molecular flexibility index (Phi) is 5.13. The van der Waals surface area contributed by atoms with E-state index in [0.29, 0.717) is 5.75 Å². The lowest BCUT2D eigenvalue weighted by Crippen LogP contribution is -2.65. The molecule has 7 heteroatoms. The number of para-hydroxylation sites is 1. The molecule has 1 aromatic rings. The molecular weight excluding hydrogens is 278 g/mol. The standard InChI is InChI=1S/C14H19NO6/c1-8(17)15-11-13(19)12(18)10(7-16)21-14(11)20-9-5-3-2-4-6-9/h2-6,10-14,16,18-19H,7H2,1H3,(H,15,17)/t10?,11-,12+,13-,14?/m1/s1. The van der Waals surface area contributed by atoms with Gasteiger partial charge in [0.25, 0.3) is 0 Å². The van der Waals surface area contributed by atoms with Gasteiger partial charge in [0.2, 0.25) is 12.2 Å². The van der Waals surface area contributed by atoms with Crippen LogP contribution in [0.3, 0.4) is 0 Å². The summed E-state index contributed by atoms with van der Waals surface area (Å²) in [5, 5.41) is 31.7. The van der Waals surface area contributed by atoms with Gasteiger partial charge in [-0.15, -0.1) is 0 Å². The van der Waals surface area contributed by atoms with Gasteiger partial charge in [-0.25, -0.2) is 0 Å². The van der Waals surface area contributed by atoms with Gasteiger partial charge >= 0.3 is 0 Å². The van der Waals surface area contributed by atoms with Crippen molar-refractivity contribution in [2.75, 3.05) is 6.61 Å².